The number of nitrogens with zero attached hydrogens (tertiary/aromatic N) is 2. The monoisotopic (exact) mass is 419 g/mol. The Morgan fingerprint density at radius 1 is 1.16 bits per heavy atom. The molecule has 0 spiro atoms. The van der Waals surface area contributed by atoms with Crippen molar-refractivity contribution in [2.45, 2.75) is 45.8 Å². The van der Waals surface area contributed by atoms with Crippen LogP contribution >= 0.6 is 0 Å². The van der Waals surface area contributed by atoms with Crippen molar-refractivity contribution in [3.8, 4) is 5.75 Å². The molecule has 0 radical (unpaired) electrons. The molecule has 0 bridgehead atoms. The van der Waals surface area contributed by atoms with Gasteiger partial charge in [0.25, 0.3) is 0 Å². The van der Waals surface area contributed by atoms with Crippen LogP contribution in [0.4, 0.5) is 0 Å². The van der Waals surface area contributed by atoms with E-state index in [0.29, 0.717) is 0 Å². The van der Waals surface area contributed by atoms with Gasteiger partial charge in [0.2, 0.25) is 5.91 Å². The van der Waals surface area contributed by atoms with Gasteiger partial charge in [0, 0.05) is 36.1 Å². The largest absolute Gasteiger partial charge is 0.497 e. The number of hydrogen-bond acceptors (Lipinski definition) is 3. The number of rotatable bonds is 7. The van der Waals surface area contributed by atoms with E-state index < -0.39 is 0 Å². The van der Waals surface area contributed by atoms with Crippen molar-refractivity contribution in [1.29, 1.82) is 0 Å². The highest BCUT2D eigenvalue weighted by Crippen LogP contribution is 2.28. The molecule has 5 nitrogen and oxygen atoms in total. The number of methoxy groups -OCH3 is 1. The lowest BCUT2D eigenvalue weighted by Gasteiger charge is -2.31. The molecule has 2 heterocycles. The molecule has 4 rings (SSSR count). The number of fused-ring (bicyclic) bond motifs is 1. The summed E-state index contributed by atoms with van der Waals surface area (Å²) < 4.78 is 7.75. The molecule has 3 aromatic rings. The minimum absolute atomic E-state index is 0.0434. The number of hydrogen-bond donors (Lipinski definition) is 1. The van der Waals surface area contributed by atoms with Gasteiger partial charge in [-0.25, -0.2) is 0 Å². The zero-order chi connectivity index (χ0) is 21.8. The van der Waals surface area contributed by atoms with Crippen LogP contribution in [0.3, 0.4) is 0 Å². The molecule has 0 saturated carbocycles. The predicted molar refractivity (Wildman–Crippen MR) is 125 cm³/mol. The highest BCUT2D eigenvalue weighted by atomic mass is 16.5. The molecule has 1 aromatic heterocycles. The summed E-state index contributed by atoms with van der Waals surface area (Å²) in [4.78, 5) is 15.3. The number of benzene rings is 2. The average Bonchev–Trinajstić information content (AvgIpc) is 3.16. The van der Waals surface area contributed by atoms with Crippen LogP contribution in [0.15, 0.2) is 54.7 Å². The summed E-state index contributed by atoms with van der Waals surface area (Å²) in [5.74, 6) is 1.17. The van der Waals surface area contributed by atoms with Crippen molar-refractivity contribution >= 4 is 16.8 Å². The fraction of sp³-hybridized carbons (Fsp3) is 0.423. The Bertz CT molecular complexity index is 1020. The number of amides is 1. The Balaban J connectivity index is 1.36. The average molecular weight is 420 g/mol. The second kappa shape index (κ2) is 9.56. The minimum atomic E-state index is 0.0434. The van der Waals surface area contributed by atoms with E-state index in [-0.39, 0.29) is 17.9 Å². The number of piperidine rings is 1. The lowest BCUT2D eigenvalue weighted by Crippen LogP contribution is -2.40. The number of aromatic nitrogens is 1. The summed E-state index contributed by atoms with van der Waals surface area (Å²) >= 11 is 0. The van der Waals surface area contributed by atoms with Crippen LogP contribution in [-0.2, 0) is 17.9 Å². The molecule has 5 heteroatoms. The Hall–Kier alpha value is -2.79. The summed E-state index contributed by atoms with van der Waals surface area (Å²) in [6.07, 6.45) is 4.08. The first-order valence-corrected chi connectivity index (χ1v) is 11.3. The first-order valence-electron chi connectivity index (χ1n) is 11.3. The Morgan fingerprint density at radius 3 is 2.58 bits per heavy atom. The Morgan fingerprint density at radius 2 is 1.90 bits per heavy atom. The normalized spacial score (nSPS) is 16.4. The highest BCUT2D eigenvalue weighted by molar-refractivity contribution is 5.85. The van der Waals surface area contributed by atoms with E-state index in [4.69, 9.17) is 4.74 Å². The van der Waals surface area contributed by atoms with Crippen molar-refractivity contribution in [1.82, 2.24) is 14.8 Å². The second-order valence-electron chi connectivity index (χ2n) is 8.51. The van der Waals surface area contributed by atoms with Crippen molar-refractivity contribution in [3.05, 3.63) is 65.9 Å². The molecule has 2 aromatic carbocycles. The van der Waals surface area contributed by atoms with Crippen molar-refractivity contribution in [2.75, 3.05) is 20.2 Å². The molecule has 1 atom stereocenters. The van der Waals surface area contributed by atoms with Crippen LogP contribution in [0.5, 0.6) is 5.75 Å². The van der Waals surface area contributed by atoms with E-state index >= 15 is 0 Å². The SMILES string of the molecule is CCn1cc(CN2CCC(C(=O)N[C@H](C)c3ccccc3)CC2)c2cc(OC)ccc21. The van der Waals surface area contributed by atoms with Gasteiger partial charge in [0.05, 0.1) is 13.2 Å². The van der Waals surface area contributed by atoms with Crippen LogP contribution < -0.4 is 10.1 Å². The number of carbonyl (C=O) groups excluding carboxylic acids is 1. The van der Waals surface area contributed by atoms with Gasteiger partial charge in [-0.15, -0.1) is 0 Å². The van der Waals surface area contributed by atoms with Gasteiger partial charge >= 0.3 is 0 Å². The van der Waals surface area contributed by atoms with Crippen LogP contribution in [0.25, 0.3) is 10.9 Å². The molecule has 1 saturated heterocycles. The number of nitrogens with one attached hydrogen (secondary N) is 1. The summed E-state index contributed by atoms with van der Waals surface area (Å²) in [6, 6.07) is 16.5. The van der Waals surface area contributed by atoms with Gasteiger partial charge < -0.3 is 14.6 Å². The predicted octanol–water partition coefficient (Wildman–Crippen LogP) is 4.76. The fourth-order valence-electron chi connectivity index (χ4n) is 4.62. The zero-order valence-electron chi connectivity index (χ0n) is 18.8. The number of likely N-dealkylation sites (tertiary alicyclic amines) is 1. The third-order valence-corrected chi connectivity index (χ3v) is 6.52. The maximum absolute atomic E-state index is 12.8. The molecule has 31 heavy (non-hydrogen) atoms. The van der Waals surface area contributed by atoms with E-state index in [1.54, 1.807) is 7.11 Å². The third-order valence-electron chi connectivity index (χ3n) is 6.52. The smallest absolute Gasteiger partial charge is 0.223 e. The summed E-state index contributed by atoms with van der Waals surface area (Å²) in [5.41, 5.74) is 3.73. The number of ether oxygens (including phenoxy) is 1. The Kier molecular flexibility index (Phi) is 6.62. The maximum Gasteiger partial charge on any atom is 0.223 e. The molecular formula is C26H33N3O2. The lowest BCUT2D eigenvalue weighted by molar-refractivity contribution is -0.127. The van der Waals surface area contributed by atoms with E-state index in [0.717, 1.165) is 50.3 Å². The van der Waals surface area contributed by atoms with Crippen LogP contribution in [-0.4, -0.2) is 35.6 Å². The molecule has 0 unspecified atom stereocenters. The summed E-state index contributed by atoms with van der Waals surface area (Å²) in [6.45, 7) is 7.98. The molecule has 1 amide bonds. The highest BCUT2D eigenvalue weighted by Gasteiger charge is 2.26. The van der Waals surface area contributed by atoms with Crippen molar-refractivity contribution < 1.29 is 9.53 Å². The topological polar surface area (TPSA) is 46.5 Å². The van der Waals surface area contributed by atoms with E-state index in [1.807, 2.05) is 24.3 Å². The van der Waals surface area contributed by atoms with Gasteiger partial charge in [-0.1, -0.05) is 30.3 Å². The van der Waals surface area contributed by atoms with Crippen molar-refractivity contribution in [2.24, 2.45) is 5.92 Å². The number of aryl methyl sites for hydroxylation is 1. The molecule has 0 aliphatic carbocycles. The van der Waals surface area contributed by atoms with Crippen molar-refractivity contribution in [3.63, 3.8) is 0 Å². The molecule has 164 valence electrons. The molecule has 1 fully saturated rings. The van der Waals surface area contributed by atoms with Gasteiger partial charge in [-0.05, 0) is 69.1 Å². The third kappa shape index (κ3) is 4.77. The zero-order valence-corrected chi connectivity index (χ0v) is 18.8. The van der Waals surface area contributed by atoms with Gasteiger partial charge in [0.1, 0.15) is 5.75 Å². The first-order chi connectivity index (χ1) is 15.1. The molecule has 1 aliphatic rings. The van der Waals surface area contributed by atoms with E-state index in [9.17, 15) is 4.79 Å². The number of carbonyl (C=O) groups is 1. The van der Waals surface area contributed by atoms with Crippen LogP contribution in [0.1, 0.15) is 43.9 Å². The Labute approximate surface area is 185 Å². The summed E-state index contributed by atoms with van der Waals surface area (Å²) in [7, 11) is 1.71. The van der Waals surface area contributed by atoms with Gasteiger partial charge in [-0.3, -0.25) is 9.69 Å². The lowest BCUT2D eigenvalue weighted by atomic mass is 9.95. The van der Waals surface area contributed by atoms with Crippen LogP contribution in [0, 0.1) is 5.92 Å². The fourth-order valence-corrected chi connectivity index (χ4v) is 4.62. The summed E-state index contributed by atoms with van der Waals surface area (Å²) in [5, 5.41) is 4.47. The molecule has 1 aliphatic heterocycles. The standard InChI is InChI=1S/C26H33N3O2/c1-4-29-18-22(24-16-23(31-3)10-11-25(24)29)17-28-14-12-21(13-15-28)26(30)27-19(2)20-8-6-5-7-9-20/h5-11,16,18-19,21H,4,12-15,17H2,1-3H3,(H,27,30)/t19-/m1/s1. The maximum atomic E-state index is 12.8. The second-order valence-corrected chi connectivity index (χ2v) is 8.51. The quantitative estimate of drug-likeness (QED) is 0.601. The van der Waals surface area contributed by atoms with Crippen LogP contribution in [0.2, 0.25) is 0 Å². The van der Waals surface area contributed by atoms with Gasteiger partial charge in [-0.2, -0.15) is 0 Å². The first kappa shape index (κ1) is 21.4. The van der Waals surface area contributed by atoms with Gasteiger partial charge in [0.15, 0.2) is 0 Å². The minimum Gasteiger partial charge on any atom is -0.497 e. The van der Waals surface area contributed by atoms with E-state index in [1.165, 1.54) is 16.5 Å². The van der Waals surface area contributed by atoms with E-state index in [2.05, 4.69) is 59.1 Å². The molecular weight excluding hydrogens is 386 g/mol. The molecule has 1 N–H and O–H groups in total.